The van der Waals surface area contributed by atoms with E-state index in [0.29, 0.717) is 17.2 Å². The lowest BCUT2D eigenvalue weighted by Crippen LogP contribution is -2.47. The zero-order valence-electron chi connectivity index (χ0n) is 11.8. The Morgan fingerprint density at radius 3 is 2.47 bits per heavy atom. The van der Waals surface area contributed by atoms with Gasteiger partial charge in [-0.3, -0.25) is 4.79 Å². The van der Waals surface area contributed by atoms with Crippen LogP contribution in [0.5, 0.6) is 0 Å². The third-order valence-corrected chi connectivity index (χ3v) is 2.52. The minimum Gasteiger partial charge on any atom is -0.394 e. The molecule has 7 heteroatoms. The van der Waals surface area contributed by atoms with Gasteiger partial charge in [-0.05, 0) is 46.2 Å². The predicted molar refractivity (Wildman–Crippen MR) is 77.2 cm³/mol. The van der Waals surface area contributed by atoms with Gasteiger partial charge in [0.1, 0.15) is 6.04 Å². The number of hydrogen-bond donors (Lipinski definition) is 3. The summed E-state index contributed by atoms with van der Waals surface area (Å²) < 4.78 is 0. The van der Waals surface area contributed by atoms with Crippen molar-refractivity contribution in [3.05, 3.63) is 11.0 Å². The van der Waals surface area contributed by atoms with E-state index in [0.717, 1.165) is 0 Å². The number of nitrogens with one attached hydrogen (secondary N) is 2. The lowest BCUT2D eigenvalue weighted by Gasteiger charge is -2.24. The number of amides is 1. The van der Waals surface area contributed by atoms with Crippen LogP contribution in [-0.2, 0) is 4.79 Å². The van der Waals surface area contributed by atoms with Gasteiger partial charge in [0.2, 0.25) is 11.2 Å². The molecule has 1 unspecified atom stereocenters. The standard InChI is InChI=1S/C12H20ClN5O/c1-6-8(14)9(17-11(13)16-6)15-7(2)10(19)18-12(3,4)5/h7H,14H2,1-5H3,(H,18,19)(H,15,16,17). The first-order valence-electron chi connectivity index (χ1n) is 5.98. The van der Waals surface area contributed by atoms with E-state index in [4.69, 9.17) is 17.3 Å². The van der Waals surface area contributed by atoms with Gasteiger partial charge < -0.3 is 16.4 Å². The first-order valence-corrected chi connectivity index (χ1v) is 6.36. The number of anilines is 2. The van der Waals surface area contributed by atoms with Crippen LogP contribution in [0.3, 0.4) is 0 Å². The van der Waals surface area contributed by atoms with Crippen LogP contribution in [0.2, 0.25) is 5.28 Å². The van der Waals surface area contributed by atoms with Gasteiger partial charge in [0.25, 0.3) is 0 Å². The van der Waals surface area contributed by atoms with Gasteiger partial charge in [-0.1, -0.05) is 0 Å². The number of aromatic nitrogens is 2. The normalized spacial score (nSPS) is 12.9. The van der Waals surface area contributed by atoms with Crippen molar-refractivity contribution in [1.82, 2.24) is 15.3 Å². The molecule has 1 atom stereocenters. The lowest BCUT2D eigenvalue weighted by atomic mass is 10.1. The van der Waals surface area contributed by atoms with Gasteiger partial charge in [0, 0.05) is 5.54 Å². The van der Waals surface area contributed by atoms with Crippen molar-refractivity contribution < 1.29 is 4.79 Å². The van der Waals surface area contributed by atoms with Crippen LogP contribution in [0.1, 0.15) is 33.4 Å². The molecule has 0 bridgehead atoms. The number of nitrogen functional groups attached to an aromatic ring is 1. The van der Waals surface area contributed by atoms with Crippen molar-refractivity contribution in [3.63, 3.8) is 0 Å². The highest BCUT2D eigenvalue weighted by Crippen LogP contribution is 2.21. The highest BCUT2D eigenvalue weighted by Gasteiger charge is 2.20. The van der Waals surface area contributed by atoms with Gasteiger partial charge in [-0.25, -0.2) is 4.98 Å². The summed E-state index contributed by atoms with van der Waals surface area (Å²) in [5.41, 5.74) is 6.52. The Bertz CT molecular complexity index is 484. The van der Waals surface area contributed by atoms with Crippen molar-refractivity contribution in [2.45, 2.75) is 46.2 Å². The molecule has 0 aliphatic rings. The SMILES string of the molecule is Cc1nc(Cl)nc(NC(C)C(=O)NC(C)(C)C)c1N. The minimum absolute atomic E-state index is 0.0950. The molecule has 1 heterocycles. The molecule has 1 rings (SSSR count). The van der Waals surface area contributed by atoms with Gasteiger partial charge in [0.05, 0.1) is 11.4 Å². The quantitative estimate of drug-likeness (QED) is 0.736. The number of rotatable bonds is 3. The number of nitrogens with zero attached hydrogens (tertiary/aromatic N) is 2. The van der Waals surface area contributed by atoms with Crippen LogP contribution in [0.25, 0.3) is 0 Å². The first kappa shape index (κ1) is 15.5. The average molecular weight is 286 g/mol. The maximum Gasteiger partial charge on any atom is 0.242 e. The molecule has 0 aromatic carbocycles. The number of carbonyl (C=O) groups excluding carboxylic acids is 1. The van der Waals surface area contributed by atoms with Crippen molar-refractivity contribution >= 4 is 29.0 Å². The molecular weight excluding hydrogens is 266 g/mol. The molecule has 4 N–H and O–H groups in total. The van der Waals surface area contributed by atoms with E-state index in [9.17, 15) is 4.79 Å². The molecule has 19 heavy (non-hydrogen) atoms. The van der Waals surface area contributed by atoms with Crippen molar-refractivity contribution in [2.24, 2.45) is 0 Å². The molecule has 0 radical (unpaired) electrons. The average Bonchev–Trinajstić information content (AvgIpc) is 2.22. The fraction of sp³-hybridized carbons (Fsp3) is 0.583. The molecule has 0 fully saturated rings. The van der Waals surface area contributed by atoms with Crippen molar-refractivity contribution in [3.8, 4) is 0 Å². The predicted octanol–water partition coefficient (Wildman–Crippen LogP) is 1.74. The van der Waals surface area contributed by atoms with Gasteiger partial charge >= 0.3 is 0 Å². The smallest absolute Gasteiger partial charge is 0.242 e. The molecule has 0 spiro atoms. The molecule has 1 amide bonds. The Labute approximate surface area is 118 Å². The number of aryl methyl sites for hydroxylation is 1. The summed E-state index contributed by atoms with van der Waals surface area (Å²) in [4.78, 5) is 19.9. The zero-order valence-corrected chi connectivity index (χ0v) is 12.6. The Kier molecular flexibility index (Phi) is 4.57. The summed E-state index contributed by atoms with van der Waals surface area (Å²) in [6.45, 7) is 9.20. The second-order valence-corrected chi connectivity index (χ2v) is 5.78. The van der Waals surface area contributed by atoms with Crippen LogP contribution < -0.4 is 16.4 Å². The topological polar surface area (TPSA) is 92.9 Å². The highest BCUT2D eigenvalue weighted by atomic mass is 35.5. The van der Waals surface area contributed by atoms with Crippen LogP contribution in [-0.4, -0.2) is 27.5 Å². The second kappa shape index (κ2) is 5.61. The van der Waals surface area contributed by atoms with E-state index < -0.39 is 6.04 Å². The molecule has 106 valence electrons. The largest absolute Gasteiger partial charge is 0.394 e. The highest BCUT2D eigenvalue weighted by molar-refractivity contribution is 6.28. The molecule has 1 aromatic rings. The van der Waals surface area contributed by atoms with Crippen molar-refractivity contribution in [2.75, 3.05) is 11.1 Å². The Hall–Kier alpha value is -1.56. The number of hydrogen-bond acceptors (Lipinski definition) is 5. The Morgan fingerprint density at radius 1 is 1.37 bits per heavy atom. The number of carbonyl (C=O) groups is 1. The summed E-state index contributed by atoms with van der Waals surface area (Å²) >= 11 is 5.77. The van der Waals surface area contributed by atoms with E-state index in [2.05, 4.69) is 20.6 Å². The van der Waals surface area contributed by atoms with E-state index >= 15 is 0 Å². The summed E-state index contributed by atoms with van der Waals surface area (Å²) in [5.74, 6) is 0.230. The van der Waals surface area contributed by atoms with E-state index in [1.165, 1.54) is 0 Å². The van der Waals surface area contributed by atoms with E-state index in [-0.39, 0.29) is 16.7 Å². The molecule has 0 saturated heterocycles. The molecule has 0 saturated carbocycles. The van der Waals surface area contributed by atoms with E-state index in [1.54, 1.807) is 13.8 Å². The first-order chi connectivity index (χ1) is 8.60. The number of nitrogens with two attached hydrogens (primary N) is 1. The molecular formula is C12H20ClN5O. The maximum atomic E-state index is 12.0. The zero-order chi connectivity index (χ0) is 14.8. The third kappa shape index (κ3) is 4.55. The lowest BCUT2D eigenvalue weighted by molar-refractivity contribution is -0.122. The molecule has 6 nitrogen and oxygen atoms in total. The maximum absolute atomic E-state index is 12.0. The van der Waals surface area contributed by atoms with Gasteiger partial charge in [-0.2, -0.15) is 4.98 Å². The Balaban J connectivity index is 2.83. The summed E-state index contributed by atoms with van der Waals surface area (Å²) in [6.07, 6.45) is 0. The Morgan fingerprint density at radius 2 is 1.95 bits per heavy atom. The summed E-state index contributed by atoms with van der Waals surface area (Å²) in [6, 6.07) is -0.480. The van der Waals surface area contributed by atoms with Crippen molar-refractivity contribution in [1.29, 1.82) is 0 Å². The van der Waals surface area contributed by atoms with Crippen LogP contribution in [0, 0.1) is 6.92 Å². The molecule has 1 aromatic heterocycles. The van der Waals surface area contributed by atoms with Crippen LogP contribution in [0.4, 0.5) is 11.5 Å². The monoisotopic (exact) mass is 285 g/mol. The number of halogens is 1. The molecule has 0 aliphatic heterocycles. The fourth-order valence-electron chi connectivity index (χ4n) is 1.41. The summed E-state index contributed by atoms with van der Waals surface area (Å²) in [7, 11) is 0. The van der Waals surface area contributed by atoms with Gasteiger partial charge in [0.15, 0.2) is 5.82 Å². The minimum atomic E-state index is -0.480. The van der Waals surface area contributed by atoms with Gasteiger partial charge in [-0.15, -0.1) is 0 Å². The third-order valence-electron chi connectivity index (χ3n) is 2.35. The fourth-order valence-corrected chi connectivity index (χ4v) is 1.62. The second-order valence-electron chi connectivity index (χ2n) is 5.45. The van der Waals surface area contributed by atoms with Crippen LogP contribution >= 0.6 is 11.6 Å². The molecule has 0 aliphatic carbocycles. The van der Waals surface area contributed by atoms with Crippen LogP contribution in [0.15, 0.2) is 0 Å². The van der Waals surface area contributed by atoms with E-state index in [1.807, 2.05) is 20.8 Å². The summed E-state index contributed by atoms with van der Waals surface area (Å²) in [5, 5.41) is 5.91.